The van der Waals surface area contributed by atoms with E-state index in [0.29, 0.717) is 17.4 Å². The molecule has 26 heavy (non-hydrogen) atoms. The first kappa shape index (κ1) is 23.3. The normalized spacial score (nSPS) is 11.8. The number of thiazole rings is 1. The number of aryl methyl sites for hydroxylation is 2. The minimum Gasteiger partial charge on any atom is -0.355 e. The lowest BCUT2D eigenvalue weighted by Gasteiger charge is -2.11. The Morgan fingerprint density at radius 1 is 1.23 bits per heavy atom. The molecule has 0 fully saturated rings. The fraction of sp³-hybridized carbons (Fsp3) is 0.375. The average molecular weight is 573 g/mol. The molecular formula is C16H22BrIN4O2S2. The predicted octanol–water partition coefficient (Wildman–Crippen LogP) is 3.28. The highest BCUT2D eigenvalue weighted by Gasteiger charge is 2.14. The van der Waals surface area contributed by atoms with Crippen LogP contribution in [0.2, 0.25) is 0 Å². The summed E-state index contributed by atoms with van der Waals surface area (Å²) < 4.78 is 25.5. The minimum absolute atomic E-state index is 0. The molecule has 1 aromatic carbocycles. The van der Waals surface area contributed by atoms with Crippen LogP contribution in [0.3, 0.4) is 0 Å². The van der Waals surface area contributed by atoms with E-state index in [1.807, 2.05) is 13.8 Å². The predicted molar refractivity (Wildman–Crippen MR) is 121 cm³/mol. The van der Waals surface area contributed by atoms with E-state index in [2.05, 4.69) is 36.5 Å². The molecule has 0 saturated carbocycles. The topological polar surface area (TPSA) is 83.5 Å². The van der Waals surface area contributed by atoms with Crippen molar-refractivity contribution in [3.63, 3.8) is 0 Å². The van der Waals surface area contributed by atoms with Crippen molar-refractivity contribution in [2.45, 2.75) is 25.3 Å². The van der Waals surface area contributed by atoms with Crippen LogP contribution in [-0.4, -0.2) is 38.7 Å². The Morgan fingerprint density at radius 2 is 1.88 bits per heavy atom. The maximum atomic E-state index is 12.3. The van der Waals surface area contributed by atoms with Crippen molar-refractivity contribution in [2.24, 2.45) is 4.99 Å². The summed E-state index contributed by atoms with van der Waals surface area (Å²) in [6.45, 7) is 4.85. The average Bonchev–Trinajstić information content (AvgIpc) is 2.89. The third-order valence-electron chi connectivity index (χ3n) is 3.54. The molecule has 6 nitrogen and oxygen atoms in total. The first-order valence-electron chi connectivity index (χ1n) is 7.67. The number of hydrogen-bond donors (Lipinski definition) is 2. The highest BCUT2D eigenvalue weighted by molar-refractivity contribution is 14.0. The molecule has 2 aromatic rings. The molecule has 1 aromatic heterocycles. The summed E-state index contributed by atoms with van der Waals surface area (Å²) in [6, 6.07) is 6.64. The van der Waals surface area contributed by atoms with Gasteiger partial charge in [-0.15, -0.1) is 35.3 Å². The molecule has 1 heterocycles. The monoisotopic (exact) mass is 572 g/mol. The van der Waals surface area contributed by atoms with Gasteiger partial charge in [0.15, 0.2) is 15.8 Å². The zero-order chi connectivity index (χ0) is 18.4. The second-order valence-electron chi connectivity index (χ2n) is 5.37. The van der Waals surface area contributed by atoms with Gasteiger partial charge in [-0.1, -0.05) is 15.9 Å². The van der Waals surface area contributed by atoms with Crippen molar-refractivity contribution < 1.29 is 8.42 Å². The van der Waals surface area contributed by atoms with Gasteiger partial charge in [-0.25, -0.2) is 13.4 Å². The SMILES string of the molecule is CN=C(NCCS(=O)(=O)c1ccc(Br)cc1)NCc1nc(C)c(C)s1.I. The summed E-state index contributed by atoms with van der Waals surface area (Å²) in [5.41, 5.74) is 1.03. The van der Waals surface area contributed by atoms with Crippen LogP contribution in [0.5, 0.6) is 0 Å². The van der Waals surface area contributed by atoms with Crippen LogP contribution in [0.15, 0.2) is 38.6 Å². The second kappa shape index (κ2) is 10.6. The van der Waals surface area contributed by atoms with Crippen LogP contribution >= 0.6 is 51.2 Å². The molecule has 0 spiro atoms. The molecule has 0 aliphatic carbocycles. The van der Waals surface area contributed by atoms with Crippen molar-refractivity contribution in [1.29, 1.82) is 0 Å². The lowest BCUT2D eigenvalue weighted by atomic mass is 10.4. The Kier molecular flexibility index (Phi) is 9.48. The molecule has 0 unspecified atom stereocenters. The van der Waals surface area contributed by atoms with Crippen molar-refractivity contribution in [3.8, 4) is 0 Å². The number of rotatable bonds is 6. The maximum absolute atomic E-state index is 12.3. The molecule has 0 amide bonds. The number of hydrogen-bond acceptors (Lipinski definition) is 5. The number of aromatic nitrogens is 1. The molecule has 0 atom stereocenters. The van der Waals surface area contributed by atoms with Gasteiger partial charge in [0, 0.05) is 22.9 Å². The Hall–Kier alpha value is -0.720. The van der Waals surface area contributed by atoms with E-state index >= 15 is 0 Å². The summed E-state index contributed by atoms with van der Waals surface area (Å²) in [5, 5.41) is 7.14. The lowest BCUT2D eigenvalue weighted by molar-refractivity contribution is 0.594. The van der Waals surface area contributed by atoms with E-state index < -0.39 is 9.84 Å². The van der Waals surface area contributed by atoms with Crippen molar-refractivity contribution >= 4 is 67.0 Å². The fourth-order valence-corrected chi connectivity index (χ4v) is 4.35. The van der Waals surface area contributed by atoms with Gasteiger partial charge in [0.25, 0.3) is 0 Å². The lowest BCUT2D eigenvalue weighted by Crippen LogP contribution is -2.39. The molecule has 144 valence electrons. The van der Waals surface area contributed by atoms with Gasteiger partial charge in [0.1, 0.15) is 5.01 Å². The van der Waals surface area contributed by atoms with Gasteiger partial charge in [-0.05, 0) is 38.1 Å². The van der Waals surface area contributed by atoms with Crippen LogP contribution in [-0.2, 0) is 16.4 Å². The molecular weight excluding hydrogens is 551 g/mol. The third-order valence-corrected chi connectivity index (χ3v) is 6.87. The summed E-state index contributed by atoms with van der Waals surface area (Å²) in [6.07, 6.45) is 0. The standard InChI is InChI=1S/C16H21BrN4O2S2.HI/c1-11-12(2)24-15(21-11)10-20-16(18-3)19-8-9-25(22,23)14-6-4-13(17)5-7-14;/h4-7H,8-10H2,1-3H3,(H2,18,19,20);1H. The van der Waals surface area contributed by atoms with E-state index in [9.17, 15) is 8.42 Å². The number of nitrogens with zero attached hydrogens (tertiary/aromatic N) is 2. The number of halogens is 2. The Morgan fingerprint density at radius 3 is 2.42 bits per heavy atom. The quantitative estimate of drug-likeness (QED) is 0.315. The number of benzene rings is 1. The first-order valence-corrected chi connectivity index (χ1v) is 10.9. The number of guanidine groups is 1. The van der Waals surface area contributed by atoms with Crippen molar-refractivity contribution in [3.05, 3.63) is 44.3 Å². The van der Waals surface area contributed by atoms with E-state index in [1.54, 1.807) is 42.6 Å². The zero-order valence-electron chi connectivity index (χ0n) is 14.7. The van der Waals surface area contributed by atoms with Gasteiger partial charge in [0.2, 0.25) is 0 Å². The third kappa shape index (κ3) is 6.78. The molecule has 0 aliphatic heterocycles. The number of nitrogens with one attached hydrogen (secondary N) is 2. The molecule has 0 aliphatic rings. The van der Waals surface area contributed by atoms with Gasteiger partial charge in [-0.2, -0.15) is 0 Å². The van der Waals surface area contributed by atoms with Crippen molar-refractivity contribution in [1.82, 2.24) is 15.6 Å². The van der Waals surface area contributed by atoms with Gasteiger partial charge < -0.3 is 10.6 Å². The fourth-order valence-electron chi connectivity index (χ4n) is 2.06. The molecule has 0 bridgehead atoms. The van der Waals surface area contributed by atoms with Gasteiger partial charge in [0.05, 0.1) is 22.9 Å². The summed E-state index contributed by atoms with van der Waals surface area (Å²) in [4.78, 5) is 10.1. The van der Waals surface area contributed by atoms with Gasteiger partial charge >= 0.3 is 0 Å². The van der Waals surface area contributed by atoms with E-state index in [-0.39, 0.29) is 36.3 Å². The van der Waals surface area contributed by atoms with E-state index in [4.69, 9.17) is 0 Å². The summed E-state index contributed by atoms with van der Waals surface area (Å²) >= 11 is 4.94. The van der Waals surface area contributed by atoms with Crippen LogP contribution in [0.25, 0.3) is 0 Å². The minimum atomic E-state index is -3.33. The Balaban J connectivity index is 0.00000338. The highest BCUT2D eigenvalue weighted by atomic mass is 127. The van der Waals surface area contributed by atoms with E-state index in [0.717, 1.165) is 15.2 Å². The van der Waals surface area contributed by atoms with Crippen LogP contribution < -0.4 is 10.6 Å². The van der Waals surface area contributed by atoms with Crippen molar-refractivity contribution in [2.75, 3.05) is 19.3 Å². The van der Waals surface area contributed by atoms with E-state index in [1.165, 1.54) is 4.88 Å². The molecule has 0 saturated heterocycles. The smallest absolute Gasteiger partial charge is 0.191 e. The summed E-state index contributed by atoms with van der Waals surface area (Å²) in [7, 11) is -1.68. The largest absolute Gasteiger partial charge is 0.355 e. The second-order valence-corrected chi connectivity index (χ2v) is 9.69. The summed E-state index contributed by atoms with van der Waals surface area (Å²) in [5.74, 6) is 0.543. The Bertz CT molecular complexity index is 832. The maximum Gasteiger partial charge on any atom is 0.191 e. The van der Waals surface area contributed by atoms with Gasteiger partial charge in [-0.3, -0.25) is 4.99 Å². The molecule has 2 rings (SSSR count). The number of sulfone groups is 1. The highest BCUT2D eigenvalue weighted by Crippen LogP contribution is 2.16. The Labute approximate surface area is 184 Å². The number of aliphatic imine (C=N–C) groups is 1. The molecule has 0 radical (unpaired) electrons. The molecule has 10 heteroatoms. The molecule has 2 N–H and O–H groups in total. The van der Waals surface area contributed by atoms with Crippen LogP contribution in [0.1, 0.15) is 15.6 Å². The zero-order valence-corrected chi connectivity index (χ0v) is 20.3. The van der Waals surface area contributed by atoms with Crippen LogP contribution in [0.4, 0.5) is 0 Å². The van der Waals surface area contributed by atoms with Crippen LogP contribution in [0, 0.1) is 13.8 Å². The first-order chi connectivity index (χ1) is 11.8.